The molecule has 160 valence electrons. The molecule has 2 aromatic heterocycles. The molecule has 0 unspecified atom stereocenters. The average molecular weight is 452 g/mol. The van der Waals surface area contributed by atoms with Crippen molar-refractivity contribution in [3.63, 3.8) is 0 Å². The fraction of sp³-hybridized carbons (Fsp3) is 0.0417. The molecule has 2 aromatic carbocycles. The number of carbonyl (C=O) groups excluding carboxylic acids is 2. The monoisotopic (exact) mass is 452 g/mol. The Morgan fingerprint density at radius 3 is 2.16 bits per heavy atom. The minimum absolute atomic E-state index is 0.0468. The van der Waals surface area contributed by atoms with Gasteiger partial charge in [0.1, 0.15) is 0 Å². The van der Waals surface area contributed by atoms with Crippen LogP contribution in [-0.4, -0.2) is 27.5 Å². The number of allylic oxidation sites excluding steroid dienone is 1. The van der Waals surface area contributed by atoms with E-state index in [-0.39, 0.29) is 10.4 Å². The van der Waals surface area contributed by atoms with E-state index < -0.39 is 23.3 Å². The molecule has 0 radical (unpaired) electrons. The Hall–Kier alpha value is -3.78. The molecule has 0 saturated carbocycles. The Kier molecular flexibility index (Phi) is 5.87. The van der Waals surface area contributed by atoms with Crippen LogP contribution in [0.1, 0.15) is 15.2 Å². The number of alkyl halides is 3. The first-order chi connectivity index (χ1) is 15.3. The maximum atomic E-state index is 13.3. The number of halogens is 3. The van der Waals surface area contributed by atoms with Crippen LogP contribution in [0.2, 0.25) is 0 Å². The maximum Gasteiger partial charge on any atom is 0.455 e. The average Bonchev–Trinajstić information content (AvgIpc) is 3.48. The van der Waals surface area contributed by atoms with Gasteiger partial charge in [-0.3, -0.25) is 9.59 Å². The van der Waals surface area contributed by atoms with Crippen LogP contribution in [0.25, 0.3) is 23.0 Å². The van der Waals surface area contributed by atoms with E-state index in [1.807, 2.05) is 6.07 Å². The smallest absolute Gasteiger partial charge is 0.288 e. The number of benzene rings is 2. The summed E-state index contributed by atoms with van der Waals surface area (Å²) < 4.78 is 41.5. The summed E-state index contributed by atoms with van der Waals surface area (Å²) >= 11 is 0.970. The molecule has 4 aromatic rings. The summed E-state index contributed by atoms with van der Waals surface area (Å²) in [7, 11) is 0. The van der Waals surface area contributed by atoms with Gasteiger partial charge in [-0.05, 0) is 29.7 Å². The largest absolute Gasteiger partial charge is 0.455 e. The summed E-state index contributed by atoms with van der Waals surface area (Å²) in [5, 5.41) is 6.08. The molecule has 0 aliphatic heterocycles. The quantitative estimate of drug-likeness (QED) is 0.156. The van der Waals surface area contributed by atoms with E-state index >= 15 is 0 Å². The molecule has 0 fully saturated rings. The first-order valence-corrected chi connectivity index (χ1v) is 10.3. The molecule has 0 N–H and O–H groups in total. The standard InChI is InChI=1S/C24H15F3N2O2S/c25-24(26,27)23(31)19(22(30)20-12-7-13-32-20)14-17-15-29(18-10-5-2-6-11-18)28-21(17)16-8-3-1-4-9-16/h1-15H/b19-14+. The number of ketones is 2. The van der Waals surface area contributed by atoms with Crippen LogP contribution in [0.4, 0.5) is 13.2 Å². The highest BCUT2D eigenvalue weighted by molar-refractivity contribution is 7.12. The first-order valence-electron chi connectivity index (χ1n) is 9.46. The molecule has 4 nitrogen and oxygen atoms in total. The van der Waals surface area contributed by atoms with E-state index in [0.29, 0.717) is 16.9 Å². The van der Waals surface area contributed by atoms with Crippen molar-refractivity contribution >= 4 is 29.0 Å². The van der Waals surface area contributed by atoms with Gasteiger partial charge in [0.2, 0.25) is 5.78 Å². The number of nitrogens with zero attached hydrogens (tertiary/aromatic N) is 2. The van der Waals surface area contributed by atoms with E-state index in [0.717, 1.165) is 17.4 Å². The van der Waals surface area contributed by atoms with Gasteiger partial charge in [0.25, 0.3) is 5.78 Å². The summed E-state index contributed by atoms with van der Waals surface area (Å²) in [6.45, 7) is 0. The fourth-order valence-electron chi connectivity index (χ4n) is 3.11. The van der Waals surface area contributed by atoms with Crippen LogP contribution >= 0.6 is 11.3 Å². The predicted octanol–water partition coefficient (Wildman–Crippen LogP) is 6.00. The van der Waals surface area contributed by atoms with E-state index in [4.69, 9.17) is 0 Å². The normalized spacial score (nSPS) is 12.0. The van der Waals surface area contributed by atoms with Crippen molar-refractivity contribution in [2.45, 2.75) is 6.18 Å². The van der Waals surface area contributed by atoms with Crippen LogP contribution in [0.3, 0.4) is 0 Å². The number of rotatable bonds is 6. The van der Waals surface area contributed by atoms with E-state index in [2.05, 4.69) is 5.10 Å². The minimum Gasteiger partial charge on any atom is -0.288 e. The molecule has 8 heteroatoms. The first kappa shape index (κ1) is 21.5. The summed E-state index contributed by atoms with van der Waals surface area (Å²) in [6, 6.07) is 20.8. The zero-order valence-corrected chi connectivity index (χ0v) is 17.2. The van der Waals surface area contributed by atoms with Gasteiger partial charge >= 0.3 is 6.18 Å². The third-order valence-corrected chi connectivity index (χ3v) is 5.47. The molecular formula is C24H15F3N2O2S. The highest BCUT2D eigenvalue weighted by atomic mass is 32.1. The molecule has 0 spiro atoms. The highest BCUT2D eigenvalue weighted by Crippen LogP contribution is 2.30. The molecule has 0 saturated heterocycles. The van der Waals surface area contributed by atoms with Crippen molar-refractivity contribution in [1.29, 1.82) is 0 Å². The van der Waals surface area contributed by atoms with Gasteiger partial charge in [0.15, 0.2) is 0 Å². The van der Waals surface area contributed by atoms with Crippen molar-refractivity contribution in [3.05, 3.63) is 100 Å². The van der Waals surface area contributed by atoms with Gasteiger partial charge in [-0.2, -0.15) is 18.3 Å². The van der Waals surface area contributed by atoms with Gasteiger partial charge in [-0.1, -0.05) is 54.6 Å². The van der Waals surface area contributed by atoms with Crippen LogP contribution < -0.4 is 0 Å². The lowest BCUT2D eigenvalue weighted by Gasteiger charge is -2.08. The van der Waals surface area contributed by atoms with Gasteiger partial charge in [0, 0.05) is 17.3 Å². The Labute approximate surface area is 185 Å². The Morgan fingerprint density at radius 1 is 0.906 bits per heavy atom. The molecule has 0 aliphatic carbocycles. The topological polar surface area (TPSA) is 52.0 Å². The van der Waals surface area contributed by atoms with Crippen LogP contribution in [-0.2, 0) is 4.79 Å². The molecule has 0 bridgehead atoms. The summed E-state index contributed by atoms with van der Waals surface area (Å²) in [5.74, 6) is -3.17. The minimum atomic E-state index is -5.19. The number of Topliss-reactive ketones (excluding diaryl/α,β-unsaturated/α-hetero) is 2. The molecule has 32 heavy (non-hydrogen) atoms. The number of hydrogen-bond donors (Lipinski definition) is 0. The lowest BCUT2D eigenvalue weighted by Crippen LogP contribution is -2.28. The third kappa shape index (κ3) is 4.45. The summed E-state index contributed by atoms with van der Waals surface area (Å²) in [4.78, 5) is 25.1. The Balaban J connectivity index is 1.91. The lowest BCUT2D eigenvalue weighted by molar-refractivity contribution is -0.166. The summed E-state index contributed by atoms with van der Waals surface area (Å²) in [5.41, 5.74) is 0.927. The van der Waals surface area contributed by atoms with Crippen molar-refractivity contribution in [3.8, 4) is 16.9 Å². The molecule has 0 atom stereocenters. The van der Waals surface area contributed by atoms with Crippen molar-refractivity contribution < 1.29 is 22.8 Å². The van der Waals surface area contributed by atoms with Crippen LogP contribution in [0.5, 0.6) is 0 Å². The maximum absolute atomic E-state index is 13.3. The number of thiophene rings is 1. The highest BCUT2D eigenvalue weighted by Gasteiger charge is 2.43. The second kappa shape index (κ2) is 8.76. The van der Waals surface area contributed by atoms with Crippen LogP contribution in [0, 0.1) is 0 Å². The number of hydrogen-bond acceptors (Lipinski definition) is 4. The second-order valence-electron chi connectivity index (χ2n) is 6.77. The zero-order chi connectivity index (χ0) is 22.7. The van der Waals surface area contributed by atoms with Crippen molar-refractivity contribution in [2.75, 3.05) is 0 Å². The Bertz CT molecular complexity index is 1280. The van der Waals surface area contributed by atoms with Crippen molar-refractivity contribution in [2.24, 2.45) is 0 Å². The molecule has 4 rings (SSSR count). The third-order valence-electron chi connectivity index (χ3n) is 4.60. The number of aromatic nitrogens is 2. The predicted molar refractivity (Wildman–Crippen MR) is 117 cm³/mol. The van der Waals surface area contributed by atoms with Gasteiger partial charge in [-0.15, -0.1) is 11.3 Å². The fourth-order valence-corrected chi connectivity index (χ4v) is 3.79. The van der Waals surface area contributed by atoms with E-state index in [9.17, 15) is 22.8 Å². The van der Waals surface area contributed by atoms with E-state index in [1.54, 1.807) is 60.0 Å². The van der Waals surface area contributed by atoms with E-state index in [1.165, 1.54) is 23.0 Å². The SMILES string of the molecule is O=C(/C(=C\c1cn(-c2ccccc2)nc1-c1ccccc1)C(=O)C(F)(F)F)c1cccs1. The molecule has 2 heterocycles. The van der Waals surface area contributed by atoms with Crippen LogP contribution in [0.15, 0.2) is 89.9 Å². The van der Waals surface area contributed by atoms with Crippen molar-refractivity contribution in [1.82, 2.24) is 9.78 Å². The van der Waals surface area contributed by atoms with Gasteiger partial charge < -0.3 is 0 Å². The number of carbonyl (C=O) groups is 2. The molecule has 0 amide bonds. The number of para-hydroxylation sites is 1. The summed E-state index contributed by atoms with van der Waals surface area (Å²) in [6.07, 6.45) is -2.71. The molecule has 0 aliphatic rings. The second-order valence-corrected chi connectivity index (χ2v) is 7.72. The Morgan fingerprint density at radius 2 is 1.56 bits per heavy atom. The lowest BCUT2D eigenvalue weighted by atomic mass is 10.00. The zero-order valence-electron chi connectivity index (χ0n) is 16.4. The van der Waals surface area contributed by atoms with Gasteiger partial charge in [0.05, 0.1) is 21.8 Å². The molecular weight excluding hydrogens is 437 g/mol. The van der Waals surface area contributed by atoms with Gasteiger partial charge in [-0.25, -0.2) is 4.68 Å².